The maximum atomic E-state index is 13.5. The molecule has 1 saturated heterocycles. The first-order valence-corrected chi connectivity index (χ1v) is 16.2. The molecule has 0 spiro atoms. The SMILES string of the molecule is Cc1cc2c(cnn2C)cc1-c1cc(Cn2cnc3c(NCOC(=O)Oc4ccccc4)ncnc32)c(N2CCC[C@](N)(CC(F)F)C2)cn1. The Morgan fingerprint density at radius 1 is 1.10 bits per heavy atom. The lowest BCUT2D eigenvalue weighted by molar-refractivity contribution is 0.0982. The average molecular weight is 683 g/mol. The van der Waals surface area contributed by atoms with Crippen LogP contribution in [-0.2, 0) is 18.3 Å². The van der Waals surface area contributed by atoms with E-state index in [1.807, 2.05) is 41.5 Å². The molecular formula is C35H36F2N10O3. The number of carbonyl (C=O) groups is 1. The second-order valence-corrected chi connectivity index (χ2v) is 12.6. The summed E-state index contributed by atoms with van der Waals surface area (Å²) in [6.45, 7) is 3.10. The van der Waals surface area contributed by atoms with Gasteiger partial charge in [-0.2, -0.15) is 5.10 Å². The number of alkyl halides is 2. The van der Waals surface area contributed by atoms with Gasteiger partial charge in [-0.1, -0.05) is 18.2 Å². The summed E-state index contributed by atoms with van der Waals surface area (Å²) >= 11 is 0. The lowest BCUT2D eigenvalue weighted by atomic mass is 9.86. The second kappa shape index (κ2) is 13.7. The Kier molecular flexibility index (Phi) is 8.97. The molecule has 0 unspecified atom stereocenters. The van der Waals surface area contributed by atoms with E-state index < -0.39 is 18.1 Å². The Morgan fingerprint density at radius 2 is 1.94 bits per heavy atom. The van der Waals surface area contributed by atoms with E-state index in [2.05, 4.69) is 42.4 Å². The fourth-order valence-electron chi connectivity index (χ4n) is 6.56. The normalized spacial score (nSPS) is 16.3. The Balaban J connectivity index is 1.18. The number of nitrogens with two attached hydrogens (primary N) is 1. The first-order valence-electron chi connectivity index (χ1n) is 16.2. The summed E-state index contributed by atoms with van der Waals surface area (Å²) < 4.78 is 41.1. The number of carbonyl (C=O) groups excluding carboxylic acids is 1. The number of para-hydroxylation sites is 1. The minimum absolute atomic E-state index is 0.211. The number of fused-ring (bicyclic) bond motifs is 2. The average Bonchev–Trinajstić information content (AvgIpc) is 3.67. The number of pyridine rings is 1. The van der Waals surface area contributed by atoms with Gasteiger partial charge in [0.25, 0.3) is 0 Å². The predicted molar refractivity (Wildman–Crippen MR) is 184 cm³/mol. The van der Waals surface area contributed by atoms with Crippen LogP contribution in [0.25, 0.3) is 33.3 Å². The van der Waals surface area contributed by atoms with Gasteiger partial charge >= 0.3 is 6.16 Å². The molecule has 1 aliphatic rings. The highest BCUT2D eigenvalue weighted by Crippen LogP contribution is 2.34. The smallest absolute Gasteiger partial charge is 0.413 e. The third-order valence-corrected chi connectivity index (χ3v) is 8.96. The molecule has 1 fully saturated rings. The molecule has 0 radical (unpaired) electrons. The lowest BCUT2D eigenvalue weighted by Gasteiger charge is -2.42. The van der Waals surface area contributed by atoms with Gasteiger partial charge in [0.15, 0.2) is 23.7 Å². The summed E-state index contributed by atoms with van der Waals surface area (Å²) in [5.74, 6) is 0.732. The standard InChI is InChI=1S/C35H36F2N10O3/c1-22-11-28-23(15-44-45(28)2)12-26(22)27-13-24(29(16-39-27)46-10-6-9-35(38,18-46)14-30(36)37)17-47-20-42-31-32(40-19-41-33(31)47)43-21-49-34(48)50-25-7-4-3-5-8-25/h3-5,7-8,11-13,15-16,19-20,30H,6,9-10,14,17-18,21,38H2,1-2H3,(H,40,41,43)/t35-/m0/s1. The van der Waals surface area contributed by atoms with Gasteiger partial charge in [-0.05, 0) is 61.2 Å². The van der Waals surface area contributed by atoms with E-state index in [0.717, 1.165) is 39.0 Å². The zero-order valence-corrected chi connectivity index (χ0v) is 27.6. The molecule has 0 saturated carbocycles. The van der Waals surface area contributed by atoms with Crippen molar-refractivity contribution in [3.8, 4) is 17.0 Å². The van der Waals surface area contributed by atoms with Crippen molar-refractivity contribution in [3.05, 3.63) is 84.7 Å². The number of hydrogen-bond donors (Lipinski definition) is 2. The number of nitrogens with zero attached hydrogens (tertiary/aromatic N) is 8. The Morgan fingerprint density at radius 3 is 2.76 bits per heavy atom. The van der Waals surface area contributed by atoms with Crippen molar-refractivity contribution in [1.29, 1.82) is 0 Å². The highest BCUT2D eigenvalue weighted by molar-refractivity contribution is 5.86. The van der Waals surface area contributed by atoms with E-state index in [-0.39, 0.29) is 19.7 Å². The monoisotopic (exact) mass is 682 g/mol. The van der Waals surface area contributed by atoms with Crippen LogP contribution in [0.15, 0.2) is 73.6 Å². The van der Waals surface area contributed by atoms with Gasteiger partial charge in [0.1, 0.15) is 12.1 Å². The third-order valence-electron chi connectivity index (χ3n) is 8.96. The summed E-state index contributed by atoms with van der Waals surface area (Å²) in [6.07, 6.45) is 4.14. The molecule has 13 nitrogen and oxygen atoms in total. The van der Waals surface area contributed by atoms with Crippen LogP contribution in [0.1, 0.15) is 30.4 Å². The summed E-state index contributed by atoms with van der Waals surface area (Å²) in [5.41, 5.74) is 12.0. The van der Waals surface area contributed by atoms with Gasteiger partial charge in [0.05, 0.1) is 42.2 Å². The number of imidazole rings is 1. The van der Waals surface area contributed by atoms with Crippen molar-refractivity contribution < 1.29 is 23.0 Å². The molecule has 1 atom stereocenters. The summed E-state index contributed by atoms with van der Waals surface area (Å²) in [5, 5.41) is 8.36. The molecule has 0 bridgehead atoms. The van der Waals surface area contributed by atoms with Crippen molar-refractivity contribution in [3.63, 3.8) is 0 Å². The molecule has 0 aliphatic carbocycles. The summed E-state index contributed by atoms with van der Waals surface area (Å²) in [7, 11) is 1.91. The molecule has 2 aromatic carbocycles. The van der Waals surface area contributed by atoms with E-state index in [1.54, 1.807) is 36.8 Å². The van der Waals surface area contributed by atoms with Crippen molar-refractivity contribution in [2.75, 3.05) is 30.0 Å². The van der Waals surface area contributed by atoms with Crippen LogP contribution >= 0.6 is 0 Å². The van der Waals surface area contributed by atoms with E-state index in [9.17, 15) is 13.6 Å². The first-order chi connectivity index (χ1) is 24.2. The highest BCUT2D eigenvalue weighted by Gasteiger charge is 2.35. The third kappa shape index (κ3) is 6.89. The quantitative estimate of drug-likeness (QED) is 0.105. The number of ether oxygens (including phenoxy) is 2. The number of anilines is 2. The Bertz CT molecular complexity index is 2160. The summed E-state index contributed by atoms with van der Waals surface area (Å²) in [6, 6.07) is 14.8. The maximum absolute atomic E-state index is 13.5. The highest BCUT2D eigenvalue weighted by atomic mass is 19.3. The van der Waals surface area contributed by atoms with Crippen LogP contribution in [0.4, 0.5) is 25.1 Å². The van der Waals surface area contributed by atoms with E-state index in [4.69, 9.17) is 20.2 Å². The zero-order valence-electron chi connectivity index (χ0n) is 27.6. The van der Waals surface area contributed by atoms with Crippen LogP contribution in [-0.4, -0.2) is 72.2 Å². The second-order valence-electron chi connectivity index (χ2n) is 12.6. The van der Waals surface area contributed by atoms with Gasteiger partial charge in [0.2, 0.25) is 6.43 Å². The van der Waals surface area contributed by atoms with Crippen LogP contribution < -0.4 is 20.7 Å². The molecule has 6 aromatic rings. The van der Waals surface area contributed by atoms with Crippen LogP contribution in [0, 0.1) is 6.92 Å². The molecule has 7 rings (SSSR count). The minimum Gasteiger partial charge on any atom is -0.413 e. The van der Waals surface area contributed by atoms with Crippen LogP contribution in [0.5, 0.6) is 5.75 Å². The largest absolute Gasteiger partial charge is 0.515 e. The molecule has 50 heavy (non-hydrogen) atoms. The van der Waals surface area contributed by atoms with Gasteiger partial charge in [-0.25, -0.2) is 28.5 Å². The molecule has 5 heterocycles. The topological polar surface area (TPSA) is 151 Å². The van der Waals surface area contributed by atoms with Crippen molar-refractivity contribution in [2.45, 2.75) is 44.7 Å². The van der Waals surface area contributed by atoms with Crippen molar-refractivity contribution in [1.82, 2.24) is 34.3 Å². The lowest BCUT2D eigenvalue weighted by Crippen LogP contribution is -2.55. The molecule has 258 valence electrons. The fraction of sp³-hybridized carbons (Fsp3) is 0.314. The van der Waals surface area contributed by atoms with Crippen molar-refractivity contribution in [2.24, 2.45) is 12.8 Å². The number of piperidine rings is 1. The molecule has 4 aromatic heterocycles. The van der Waals surface area contributed by atoms with Gasteiger partial charge in [0, 0.05) is 43.0 Å². The molecule has 0 amide bonds. The number of hydrogen-bond acceptors (Lipinski definition) is 11. The first kappa shape index (κ1) is 32.8. The molecule has 3 N–H and O–H groups in total. The van der Waals surface area contributed by atoms with Crippen LogP contribution in [0.3, 0.4) is 0 Å². The minimum atomic E-state index is -2.50. The van der Waals surface area contributed by atoms with Crippen molar-refractivity contribution >= 4 is 39.7 Å². The number of benzene rings is 2. The molecule has 1 aliphatic heterocycles. The Labute approximate surface area is 286 Å². The number of rotatable bonds is 10. The maximum Gasteiger partial charge on any atom is 0.515 e. The molecular weight excluding hydrogens is 646 g/mol. The zero-order chi connectivity index (χ0) is 34.8. The summed E-state index contributed by atoms with van der Waals surface area (Å²) in [4.78, 5) is 32.5. The number of aryl methyl sites for hydroxylation is 2. The predicted octanol–water partition coefficient (Wildman–Crippen LogP) is 5.67. The van der Waals surface area contributed by atoms with E-state index in [0.29, 0.717) is 48.7 Å². The van der Waals surface area contributed by atoms with Crippen LogP contribution in [0.2, 0.25) is 0 Å². The fourth-order valence-corrected chi connectivity index (χ4v) is 6.56. The van der Waals surface area contributed by atoms with E-state index >= 15 is 0 Å². The number of nitrogens with one attached hydrogen (secondary N) is 1. The number of halogens is 2. The van der Waals surface area contributed by atoms with Gasteiger partial charge < -0.3 is 30.0 Å². The van der Waals surface area contributed by atoms with Gasteiger partial charge in [-0.15, -0.1) is 0 Å². The van der Waals surface area contributed by atoms with Gasteiger partial charge in [-0.3, -0.25) is 9.67 Å². The molecule has 15 heteroatoms. The van der Waals surface area contributed by atoms with E-state index in [1.165, 1.54) is 6.33 Å². The Hall–Kier alpha value is -5.70. The number of aromatic nitrogens is 7.